The van der Waals surface area contributed by atoms with Crippen LogP contribution < -0.4 is 15.8 Å². The monoisotopic (exact) mass is 238 g/mol. The summed E-state index contributed by atoms with van der Waals surface area (Å²) in [6.07, 6.45) is -0.879. The van der Waals surface area contributed by atoms with Crippen molar-refractivity contribution in [2.45, 2.75) is 19.6 Å². The number of nitrogens with one attached hydrogen (secondary N) is 1. The van der Waals surface area contributed by atoms with Crippen LogP contribution in [0.5, 0.6) is 5.75 Å². The molecule has 0 radical (unpaired) electrons. The van der Waals surface area contributed by atoms with Crippen LogP contribution >= 0.6 is 0 Å². The smallest absolute Gasteiger partial charge is 0.318 e. The van der Waals surface area contributed by atoms with Gasteiger partial charge in [0, 0.05) is 5.56 Å². The summed E-state index contributed by atoms with van der Waals surface area (Å²) >= 11 is 0. The highest BCUT2D eigenvalue weighted by Crippen LogP contribution is 2.19. The SMILES string of the molecule is CC(Oc1ccccc1CO)C(=O)NC(N)=O. The van der Waals surface area contributed by atoms with Gasteiger partial charge in [-0.25, -0.2) is 4.79 Å². The second-order valence-corrected chi connectivity index (χ2v) is 3.38. The van der Waals surface area contributed by atoms with Crippen molar-refractivity contribution >= 4 is 11.9 Å². The predicted molar refractivity (Wildman–Crippen MR) is 60.2 cm³/mol. The van der Waals surface area contributed by atoms with Crippen LogP contribution in [0, 0.1) is 0 Å². The van der Waals surface area contributed by atoms with Crippen LogP contribution in [-0.4, -0.2) is 23.1 Å². The molecule has 0 saturated carbocycles. The number of urea groups is 1. The van der Waals surface area contributed by atoms with Crippen molar-refractivity contribution in [3.05, 3.63) is 29.8 Å². The Morgan fingerprint density at radius 3 is 2.71 bits per heavy atom. The Hall–Kier alpha value is -2.08. The molecule has 1 aromatic rings. The van der Waals surface area contributed by atoms with Gasteiger partial charge in [-0.3, -0.25) is 10.1 Å². The van der Waals surface area contributed by atoms with Gasteiger partial charge in [-0.15, -0.1) is 0 Å². The van der Waals surface area contributed by atoms with Crippen LogP contribution in [0.1, 0.15) is 12.5 Å². The number of imide groups is 1. The molecule has 4 N–H and O–H groups in total. The Balaban J connectivity index is 2.70. The van der Waals surface area contributed by atoms with Crippen molar-refractivity contribution in [2.24, 2.45) is 5.73 Å². The number of hydrogen-bond acceptors (Lipinski definition) is 4. The number of rotatable bonds is 4. The van der Waals surface area contributed by atoms with Gasteiger partial charge in [-0.1, -0.05) is 18.2 Å². The lowest BCUT2D eigenvalue weighted by atomic mass is 10.2. The number of carbonyl (C=O) groups is 2. The van der Waals surface area contributed by atoms with Gasteiger partial charge in [0.1, 0.15) is 5.75 Å². The van der Waals surface area contributed by atoms with Gasteiger partial charge in [-0.2, -0.15) is 0 Å². The molecule has 0 fully saturated rings. The molecular formula is C11H14N2O4. The number of benzene rings is 1. The Morgan fingerprint density at radius 2 is 2.12 bits per heavy atom. The molecule has 1 atom stereocenters. The quantitative estimate of drug-likeness (QED) is 0.694. The number of aliphatic hydroxyl groups excluding tert-OH is 1. The van der Waals surface area contributed by atoms with Gasteiger partial charge in [0.25, 0.3) is 5.91 Å². The van der Waals surface area contributed by atoms with E-state index in [1.165, 1.54) is 6.92 Å². The Labute approximate surface area is 98.4 Å². The normalized spacial score (nSPS) is 11.6. The summed E-state index contributed by atoms with van der Waals surface area (Å²) in [6, 6.07) is 5.83. The Kier molecular flexibility index (Phi) is 4.47. The molecule has 0 aliphatic heterocycles. The zero-order chi connectivity index (χ0) is 12.8. The lowest BCUT2D eigenvalue weighted by Gasteiger charge is -2.15. The summed E-state index contributed by atoms with van der Waals surface area (Å²) < 4.78 is 5.32. The number of nitrogens with two attached hydrogens (primary N) is 1. The first-order chi connectivity index (χ1) is 8.04. The van der Waals surface area contributed by atoms with Crippen molar-refractivity contribution in [1.29, 1.82) is 0 Å². The van der Waals surface area contributed by atoms with Crippen molar-refractivity contribution in [3.63, 3.8) is 0 Å². The van der Waals surface area contributed by atoms with E-state index >= 15 is 0 Å². The minimum atomic E-state index is -0.930. The lowest BCUT2D eigenvalue weighted by molar-refractivity contribution is -0.126. The van der Waals surface area contributed by atoms with Crippen LogP contribution in [0.3, 0.4) is 0 Å². The van der Waals surface area contributed by atoms with Crippen LogP contribution in [0.15, 0.2) is 24.3 Å². The lowest BCUT2D eigenvalue weighted by Crippen LogP contribution is -2.42. The first-order valence-electron chi connectivity index (χ1n) is 5.00. The van der Waals surface area contributed by atoms with Gasteiger partial charge in [0.2, 0.25) is 0 Å². The van der Waals surface area contributed by atoms with E-state index in [1.54, 1.807) is 24.3 Å². The maximum absolute atomic E-state index is 11.4. The van der Waals surface area contributed by atoms with Crippen LogP contribution in [0.4, 0.5) is 4.79 Å². The van der Waals surface area contributed by atoms with E-state index < -0.39 is 18.0 Å². The second kappa shape index (κ2) is 5.86. The van der Waals surface area contributed by atoms with E-state index in [9.17, 15) is 9.59 Å². The average Bonchev–Trinajstić information content (AvgIpc) is 2.28. The zero-order valence-corrected chi connectivity index (χ0v) is 9.34. The average molecular weight is 238 g/mol. The molecule has 0 spiro atoms. The number of amides is 3. The fraction of sp³-hybridized carbons (Fsp3) is 0.273. The molecule has 6 nitrogen and oxygen atoms in total. The van der Waals surface area contributed by atoms with Crippen molar-refractivity contribution in [3.8, 4) is 5.75 Å². The molecule has 0 aromatic heterocycles. The first kappa shape index (κ1) is 13.0. The van der Waals surface area contributed by atoms with E-state index in [0.717, 1.165) is 0 Å². The van der Waals surface area contributed by atoms with E-state index in [-0.39, 0.29) is 6.61 Å². The van der Waals surface area contributed by atoms with Gasteiger partial charge in [0.15, 0.2) is 6.10 Å². The van der Waals surface area contributed by atoms with Gasteiger partial charge in [-0.05, 0) is 13.0 Å². The molecule has 0 aliphatic carbocycles. The van der Waals surface area contributed by atoms with E-state index in [2.05, 4.69) is 0 Å². The molecule has 0 saturated heterocycles. The number of carbonyl (C=O) groups excluding carboxylic acids is 2. The van der Waals surface area contributed by atoms with Crippen LogP contribution in [-0.2, 0) is 11.4 Å². The van der Waals surface area contributed by atoms with Crippen LogP contribution in [0.25, 0.3) is 0 Å². The van der Waals surface area contributed by atoms with Gasteiger partial charge in [0.05, 0.1) is 6.61 Å². The molecule has 3 amide bonds. The highest BCUT2D eigenvalue weighted by molar-refractivity contribution is 5.95. The standard InChI is InChI=1S/C11H14N2O4/c1-7(10(15)13-11(12)16)17-9-5-3-2-4-8(9)6-14/h2-5,7,14H,6H2,1H3,(H3,12,13,15,16). The number of para-hydroxylation sites is 1. The van der Waals surface area contributed by atoms with Crippen molar-refractivity contribution < 1.29 is 19.4 Å². The first-order valence-corrected chi connectivity index (χ1v) is 5.00. The van der Waals surface area contributed by atoms with Crippen molar-refractivity contribution in [1.82, 2.24) is 5.32 Å². The third-order valence-corrected chi connectivity index (χ3v) is 2.06. The molecule has 1 rings (SSSR count). The van der Waals surface area contributed by atoms with E-state index in [4.69, 9.17) is 15.6 Å². The van der Waals surface area contributed by atoms with Crippen molar-refractivity contribution in [2.75, 3.05) is 0 Å². The summed E-state index contributed by atoms with van der Waals surface area (Å²) in [6.45, 7) is 1.28. The summed E-state index contributed by atoms with van der Waals surface area (Å²) in [7, 11) is 0. The zero-order valence-electron chi connectivity index (χ0n) is 9.34. The van der Waals surface area contributed by atoms with Gasteiger partial charge < -0.3 is 15.6 Å². The number of primary amides is 1. The summed E-state index contributed by atoms with van der Waals surface area (Å²) in [5.41, 5.74) is 5.38. The fourth-order valence-corrected chi connectivity index (χ4v) is 1.22. The maximum atomic E-state index is 11.4. The molecule has 0 heterocycles. The minimum absolute atomic E-state index is 0.194. The minimum Gasteiger partial charge on any atom is -0.481 e. The maximum Gasteiger partial charge on any atom is 0.318 e. The molecule has 17 heavy (non-hydrogen) atoms. The summed E-state index contributed by atoms with van der Waals surface area (Å²) in [5.74, 6) is -0.243. The molecule has 1 aromatic carbocycles. The third-order valence-electron chi connectivity index (χ3n) is 2.06. The molecule has 6 heteroatoms. The molecule has 0 aliphatic rings. The fourth-order valence-electron chi connectivity index (χ4n) is 1.22. The molecule has 1 unspecified atom stereocenters. The predicted octanol–water partition coefficient (Wildman–Crippen LogP) is 0.141. The molecule has 0 bridgehead atoms. The van der Waals surface area contributed by atoms with E-state index in [1.807, 2.05) is 5.32 Å². The second-order valence-electron chi connectivity index (χ2n) is 3.38. The Morgan fingerprint density at radius 1 is 1.47 bits per heavy atom. The number of hydrogen-bond donors (Lipinski definition) is 3. The Bertz CT molecular complexity index is 420. The largest absolute Gasteiger partial charge is 0.481 e. The number of ether oxygens (including phenoxy) is 1. The highest BCUT2D eigenvalue weighted by atomic mass is 16.5. The molecule has 92 valence electrons. The summed E-state index contributed by atoms with van der Waals surface area (Å²) in [4.78, 5) is 21.8. The van der Waals surface area contributed by atoms with E-state index in [0.29, 0.717) is 11.3 Å². The highest BCUT2D eigenvalue weighted by Gasteiger charge is 2.17. The summed E-state index contributed by atoms with van der Waals surface area (Å²) in [5, 5.41) is 11.0. The molecular weight excluding hydrogens is 224 g/mol. The van der Waals surface area contributed by atoms with Gasteiger partial charge >= 0.3 is 6.03 Å². The number of aliphatic hydroxyl groups is 1. The topological polar surface area (TPSA) is 102 Å². The third kappa shape index (κ3) is 3.76. The van der Waals surface area contributed by atoms with Crippen LogP contribution in [0.2, 0.25) is 0 Å².